The minimum Gasteiger partial charge on any atom is -0.435 e. The Labute approximate surface area is 197 Å². The zero-order valence-corrected chi connectivity index (χ0v) is 21.0. The topological polar surface area (TPSA) is 47.6 Å². The number of hydrogen-bond acceptors (Lipinski definition) is 4. The molecule has 1 N–H and O–H groups in total. The Morgan fingerprint density at radius 1 is 0.879 bits per heavy atom. The fourth-order valence-corrected chi connectivity index (χ4v) is 4.38. The van der Waals surface area contributed by atoms with Crippen molar-refractivity contribution in [2.24, 2.45) is 0 Å². The quantitative estimate of drug-likeness (QED) is 0.530. The molecule has 2 atom stereocenters. The number of hydrogen-bond donors (Lipinski definition) is 1. The third-order valence-corrected chi connectivity index (χ3v) is 6.44. The minimum absolute atomic E-state index is 0.0178. The van der Waals surface area contributed by atoms with Gasteiger partial charge in [0, 0.05) is 13.0 Å². The molecular weight excluding hydrogens is 417 g/mol. The number of nitrogens with one attached hydrogen (secondary N) is 1. The lowest BCUT2D eigenvalue weighted by atomic mass is 9.78. The summed E-state index contributed by atoms with van der Waals surface area (Å²) in [6, 6.07) is 15.0. The molecule has 33 heavy (non-hydrogen) atoms. The van der Waals surface area contributed by atoms with Crippen molar-refractivity contribution in [1.29, 1.82) is 0 Å². The smallest absolute Gasteiger partial charge is 0.435 e. The van der Waals surface area contributed by atoms with Gasteiger partial charge in [-0.2, -0.15) is 0 Å². The van der Waals surface area contributed by atoms with E-state index in [-0.39, 0.29) is 17.4 Å². The molecular formula is C28H38FNO3. The first-order valence-electron chi connectivity index (χ1n) is 11.8. The van der Waals surface area contributed by atoms with Crippen molar-refractivity contribution in [3.63, 3.8) is 0 Å². The second kappa shape index (κ2) is 9.46. The van der Waals surface area contributed by atoms with Crippen LogP contribution in [0.1, 0.15) is 77.1 Å². The lowest BCUT2D eigenvalue weighted by Crippen LogP contribution is -2.43. The normalized spacial score (nSPS) is 19.4. The fraction of sp³-hybridized carbons (Fsp3) is 0.536. The summed E-state index contributed by atoms with van der Waals surface area (Å²) in [6.45, 7) is 15.2. The number of carbonyl (C=O) groups excluding carboxylic acids is 1. The van der Waals surface area contributed by atoms with Crippen LogP contribution in [0.25, 0.3) is 0 Å². The Kier molecular flexibility index (Phi) is 7.23. The molecule has 5 heteroatoms. The van der Waals surface area contributed by atoms with Crippen molar-refractivity contribution in [1.82, 2.24) is 5.32 Å². The van der Waals surface area contributed by atoms with E-state index in [4.69, 9.17) is 9.47 Å². The molecule has 1 aliphatic heterocycles. The van der Waals surface area contributed by atoms with Gasteiger partial charge in [-0.3, -0.25) is 0 Å². The van der Waals surface area contributed by atoms with Gasteiger partial charge in [0.1, 0.15) is 6.10 Å². The van der Waals surface area contributed by atoms with E-state index in [1.165, 1.54) is 0 Å². The Morgan fingerprint density at radius 2 is 1.30 bits per heavy atom. The van der Waals surface area contributed by atoms with E-state index in [2.05, 4.69) is 46.9 Å². The number of benzene rings is 2. The number of ether oxygens (including phenoxy) is 2. The predicted octanol–water partition coefficient (Wildman–Crippen LogP) is 6.40. The Hall–Kier alpha value is -2.40. The van der Waals surface area contributed by atoms with E-state index >= 15 is 4.39 Å². The van der Waals surface area contributed by atoms with Gasteiger partial charge in [-0.15, -0.1) is 0 Å². The highest BCUT2D eigenvalue weighted by molar-refractivity contribution is 5.60. The predicted molar refractivity (Wildman–Crippen MR) is 130 cm³/mol. The molecule has 2 aromatic carbocycles. The van der Waals surface area contributed by atoms with Crippen LogP contribution in [0.15, 0.2) is 48.5 Å². The van der Waals surface area contributed by atoms with Crippen molar-refractivity contribution in [2.45, 2.75) is 83.5 Å². The summed E-state index contributed by atoms with van der Waals surface area (Å²) in [7, 11) is 0. The van der Waals surface area contributed by atoms with Gasteiger partial charge in [0.25, 0.3) is 0 Å². The molecule has 180 valence electrons. The molecule has 0 aromatic heterocycles. The van der Waals surface area contributed by atoms with Crippen LogP contribution in [-0.4, -0.2) is 31.5 Å². The maximum absolute atomic E-state index is 17.2. The summed E-state index contributed by atoms with van der Waals surface area (Å²) in [5.41, 5.74) is 1.67. The van der Waals surface area contributed by atoms with Crippen molar-refractivity contribution in [3.8, 4) is 0 Å². The molecule has 1 heterocycles. The number of alkyl halides is 1. The molecule has 0 amide bonds. The molecule has 4 nitrogen and oxygen atoms in total. The van der Waals surface area contributed by atoms with Crippen LogP contribution in [0.5, 0.6) is 0 Å². The summed E-state index contributed by atoms with van der Waals surface area (Å²) in [4.78, 5) is 11.8. The standard InChI is InChI=1S/C28H38FNO3/c1-8-32-25(31)33-23-17-24(30-18-23)28(29,21-13-9-19(10-14-21)26(2,3)4)22-15-11-20(12-16-22)27(5,6)7/h9-16,23-24,30H,8,17-18H2,1-7H3/t23-,24?/m1/s1. The second-order valence-corrected chi connectivity index (χ2v) is 11.0. The summed E-state index contributed by atoms with van der Waals surface area (Å²) in [6.07, 6.45) is -0.789. The Bertz CT molecular complexity index is 882. The van der Waals surface area contributed by atoms with E-state index in [1.807, 2.05) is 48.5 Å². The van der Waals surface area contributed by atoms with Crippen LogP contribution in [0, 0.1) is 0 Å². The molecule has 1 aliphatic rings. The second-order valence-electron chi connectivity index (χ2n) is 11.0. The molecule has 2 aromatic rings. The van der Waals surface area contributed by atoms with E-state index in [0.29, 0.717) is 24.1 Å². The molecule has 1 unspecified atom stereocenters. The van der Waals surface area contributed by atoms with Crippen LogP contribution in [-0.2, 0) is 26.0 Å². The zero-order chi connectivity index (χ0) is 24.4. The van der Waals surface area contributed by atoms with Crippen molar-refractivity contribution >= 4 is 6.16 Å². The third-order valence-electron chi connectivity index (χ3n) is 6.44. The van der Waals surface area contributed by atoms with Gasteiger partial charge >= 0.3 is 6.16 Å². The Balaban J connectivity index is 1.97. The van der Waals surface area contributed by atoms with Gasteiger partial charge in [-0.1, -0.05) is 90.1 Å². The summed E-state index contributed by atoms with van der Waals surface area (Å²) < 4.78 is 27.5. The van der Waals surface area contributed by atoms with Gasteiger partial charge in [-0.25, -0.2) is 9.18 Å². The van der Waals surface area contributed by atoms with Crippen LogP contribution in [0.2, 0.25) is 0 Å². The molecule has 0 radical (unpaired) electrons. The van der Waals surface area contributed by atoms with Crippen LogP contribution < -0.4 is 5.32 Å². The Morgan fingerprint density at radius 3 is 1.70 bits per heavy atom. The SMILES string of the molecule is CCOC(=O)O[C@H]1CNC(C(F)(c2ccc(C(C)(C)C)cc2)c2ccc(C(C)(C)C)cc2)C1. The van der Waals surface area contributed by atoms with Crippen molar-refractivity contribution < 1.29 is 18.7 Å². The van der Waals surface area contributed by atoms with Gasteiger partial charge in [0.15, 0.2) is 5.67 Å². The van der Waals surface area contributed by atoms with Gasteiger partial charge in [0.2, 0.25) is 0 Å². The van der Waals surface area contributed by atoms with Gasteiger partial charge in [0.05, 0.1) is 12.6 Å². The third kappa shape index (κ3) is 5.57. The lowest BCUT2D eigenvalue weighted by Gasteiger charge is -2.34. The highest BCUT2D eigenvalue weighted by Crippen LogP contribution is 2.42. The average molecular weight is 456 g/mol. The molecule has 0 saturated carbocycles. The number of carbonyl (C=O) groups is 1. The first-order valence-corrected chi connectivity index (χ1v) is 11.8. The zero-order valence-electron chi connectivity index (χ0n) is 21.0. The van der Waals surface area contributed by atoms with Crippen molar-refractivity contribution in [3.05, 3.63) is 70.8 Å². The van der Waals surface area contributed by atoms with Gasteiger partial charge in [-0.05, 0) is 40.0 Å². The molecule has 1 fully saturated rings. The molecule has 3 rings (SSSR count). The van der Waals surface area contributed by atoms with E-state index < -0.39 is 24.0 Å². The maximum Gasteiger partial charge on any atom is 0.508 e. The largest absolute Gasteiger partial charge is 0.508 e. The first-order chi connectivity index (χ1) is 15.4. The molecule has 0 bridgehead atoms. The summed E-state index contributed by atoms with van der Waals surface area (Å²) in [5.74, 6) is 0. The maximum atomic E-state index is 17.2. The lowest BCUT2D eigenvalue weighted by molar-refractivity contribution is 0.0297. The highest BCUT2D eigenvalue weighted by atomic mass is 19.1. The average Bonchev–Trinajstić information content (AvgIpc) is 3.21. The first kappa shape index (κ1) is 25.2. The fourth-order valence-electron chi connectivity index (χ4n) is 4.38. The van der Waals surface area contributed by atoms with E-state index in [0.717, 1.165) is 11.1 Å². The van der Waals surface area contributed by atoms with Crippen molar-refractivity contribution in [2.75, 3.05) is 13.2 Å². The van der Waals surface area contributed by atoms with E-state index in [1.54, 1.807) is 6.92 Å². The van der Waals surface area contributed by atoms with E-state index in [9.17, 15) is 4.79 Å². The van der Waals surface area contributed by atoms with Crippen LogP contribution in [0.4, 0.5) is 9.18 Å². The summed E-state index contributed by atoms with van der Waals surface area (Å²) >= 11 is 0. The van der Waals surface area contributed by atoms with Gasteiger partial charge < -0.3 is 14.8 Å². The monoisotopic (exact) mass is 455 g/mol. The summed E-state index contributed by atoms with van der Waals surface area (Å²) in [5, 5.41) is 3.27. The van der Waals surface area contributed by atoms with Crippen LogP contribution >= 0.6 is 0 Å². The number of rotatable bonds is 5. The molecule has 0 spiro atoms. The number of halogens is 1. The molecule has 1 saturated heterocycles. The molecule has 0 aliphatic carbocycles. The highest BCUT2D eigenvalue weighted by Gasteiger charge is 2.47. The minimum atomic E-state index is -1.78. The van der Waals surface area contributed by atoms with Crippen LogP contribution in [0.3, 0.4) is 0 Å².